The normalized spacial score (nSPS) is 18.3. The van der Waals surface area contributed by atoms with E-state index >= 15 is 0 Å². The Kier molecular flexibility index (Phi) is 4.07. The van der Waals surface area contributed by atoms with Gasteiger partial charge in [-0.1, -0.05) is 19.3 Å². The van der Waals surface area contributed by atoms with Gasteiger partial charge >= 0.3 is 5.97 Å². The molecule has 1 aromatic rings. The standard InChI is InChI=1S/C12H14BrNO3S/c13-8-6-9(18-7-8)10(15)14-12(11(16)17)4-2-1-3-5-12/h6-7H,1-5H2,(H,14,15)(H,16,17). The zero-order valence-corrected chi connectivity index (χ0v) is 12.1. The van der Waals surface area contributed by atoms with E-state index in [1.54, 1.807) is 6.07 Å². The fourth-order valence-electron chi connectivity index (χ4n) is 2.26. The largest absolute Gasteiger partial charge is 0.480 e. The van der Waals surface area contributed by atoms with E-state index in [9.17, 15) is 14.7 Å². The molecule has 4 nitrogen and oxygen atoms in total. The van der Waals surface area contributed by atoms with E-state index in [2.05, 4.69) is 21.2 Å². The molecule has 98 valence electrons. The van der Waals surface area contributed by atoms with Crippen LogP contribution in [0.1, 0.15) is 41.8 Å². The van der Waals surface area contributed by atoms with Gasteiger partial charge in [0.2, 0.25) is 0 Å². The number of halogens is 1. The van der Waals surface area contributed by atoms with Crippen LogP contribution in [0.15, 0.2) is 15.9 Å². The predicted molar refractivity (Wildman–Crippen MR) is 72.9 cm³/mol. The monoisotopic (exact) mass is 331 g/mol. The number of carboxylic acids is 1. The number of nitrogens with one attached hydrogen (secondary N) is 1. The van der Waals surface area contributed by atoms with Crippen molar-refractivity contribution in [2.45, 2.75) is 37.6 Å². The lowest BCUT2D eigenvalue weighted by molar-refractivity contribution is -0.145. The average molecular weight is 332 g/mol. The Morgan fingerprint density at radius 3 is 2.50 bits per heavy atom. The summed E-state index contributed by atoms with van der Waals surface area (Å²) >= 11 is 4.59. The van der Waals surface area contributed by atoms with Gasteiger partial charge in [-0.2, -0.15) is 0 Å². The highest BCUT2D eigenvalue weighted by atomic mass is 79.9. The van der Waals surface area contributed by atoms with E-state index in [0.717, 1.165) is 23.7 Å². The van der Waals surface area contributed by atoms with Gasteiger partial charge in [-0.3, -0.25) is 4.79 Å². The van der Waals surface area contributed by atoms with Crippen LogP contribution in [-0.4, -0.2) is 22.5 Å². The predicted octanol–water partition coefficient (Wildman–Crippen LogP) is 3.03. The Labute approximate surface area is 118 Å². The molecule has 0 bridgehead atoms. The molecule has 18 heavy (non-hydrogen) atoms. The number of aliphatic carboxylic acids is 1. The summed E-state index contributed by atoms with van der Waals surface area (Å²) in [6, 6.07) is 1.71. The summed E-state index contributed by atoms with van der Waals surface area (Å²) in [5, 5.41) is 13.9. The molecule has 2 N–H and O–H groups in total. The maximum Gasteiger partial charge on any atom is 0.329 e. The molecule has 1 aliphatic carbocycles. The Morgan fingerprint density at radius 1 is 1.33 bits per heavy atom. The Bertz CT molecular complexity index is 466. The summed E-state index contributed by atoms with van der Waals surface area (Å²) < 4.78 is 0.839. The molecule has 0 aliphatic heterocycles. The molecular weight excluding hydrogens is 318 g/mol. The number of hydrogen-bond donors (Lipinski definition) is 2. The summed E-state index contributed by atoms with van der Waals surface area (Å²) in [6.45, 7) is 0. The van der Waals surface area contributed by atoms with Crippen molar-refractivity contribution in [1.82, 2.24) is 5.32 Å². The Balaban J connectivity index is 2.14. The number of carbonyl (C=O) groups excluding carboxylic acids is 1. The van der Waals surface area contributed by atoms with Gasteiger partial charge in [0, 0.05) is 9.85 Å². The van der Waals surface area contributed by atoms with Crippen molar-refractivity contribution in [3.05, 3.63) is 20.8 Å². The molecule has 0 unspecified atom stereocenters. The molecule has 0 spiro atoms. The minimum atomic E-state index is -1.08. The molecule has 0 saturated heterocycles. The van der Waals surface area contributed by atoms with Gasteiger partial charge in [-0.05, 0) is 34.8 Å². The Hall–Kier alpha value is -0.880. The number of thiophene rings is 1. The van der Waals surface area contributed by atoms with Gasteiger partial charge in [-0.25, -0.2) is 4.79 Å². The van der Waals surface area contributed by atoms with Gasteiger partial charge in [0.25, 0.3) is 5.91 Å². The third-order valence-corrected chi connectivity index (χ3v) is 4.95. The van der Waals surface area contributed by atoms with Crippen LogP contribution < -0.4 is 5.32 Å². The first-order valence-electron chi connectivity index (χ1n) is 5.83. The number of amides is 1. The fraction of sp³-hybridized carbons (Fsp3) is 0.500. The van der Waals surface area contributed by atoms with E-state index in [4.69, 9.17) is 0 Å². The van der Waals surface area contributed by atoms with Gasteiger partial charge < -0.3 is 10.4 Å². The lowest BCUT2D eigenvalue weighted by Crippen LogP contribution is -2.55. The van der Waals surface area contributed by atoms with Crippen molar-refractivity contribution in [2.24, 2.45) is 0 Å². The molecule has 0 radical (unpaired) electrons. The fourth-order valence-corrected chi connectivity index (χ4v) is 3.58. The highest BCUT2D eigenvalue weighted by molar-refractivity contribution is 9.10. The molecule has 1 saturated carbocycles. The van der Waals surface area contributed by atoms with Crippen molar-refractivity contribution in [3.8, 4) is 0 Å². The summed E-state index contributed by atoms with van der Waals surface area (Å²) in [4.78, 5) is 24.0. The van der Waals surface area contributed by atoms with Gasteiger partial charge in [0.1, 0.15) is 5.54 Å². The Morgan fingerprint density at radius 2 is 2.00 bits per heavy atom. The smallest absolute Gasteiger partial charge is 0.329 e. The lowest BCUT2D eigenvalue weighted by Gasteiger charge is -2.33. The SMILES string of the molecule is O=C(NC1(C(=O)O)CCCCC1)c1cc(Br)cs1. The van der Waals surface area contributed by atoms with Crippen LogP contribution in [0.4, 0.5) is 0 Å². The van der Waals surface area contributed by atoms with E-state index in [1.807, 2.05) is 5.38 Å². The van der Waals surface area contributed by atoms with Crippen LogP contribution >= 0.6 is 27.3 Å². The van der Waals surface area contributed by atoms with Crippen LogP contribution in [0, 0.1) is 0 Å². The van der Waals surface area contributed by atoms with Crippen molar-refractivity contribution < 1.29 is 14.7 Å². The van der Waals surface area contributed by atoms with E-state index < -0.39 is 11.5 Å². The molecular formula is C12H14BrNO3S. The zero-order valence-electron chi connectivity index (χ0n) is 9.74. The number of rotatable bonds is 3. The average Bonchev–Trinajstić information content (AvgIpc) is 2.77. The number of carboxylic acid groups (broad SMARTS) is 1. The number of hydrogen-bond acceptors (Lipinski definition) is 3. The molecule has 1 aromatic heterocycles. The topological polar surface area (TPSA) is 66.4 Å². The second-order valence-corrected chi connectivity index (χ2v) is 6.36. The highest BCUT2D eigenvalue weighted by Crippen LogP contribution is 2.29. The van der Waals surface area contributed by atoms with Crippen molar-refractivity contribution >= 4 is 39.1 Å². The van der Waals surface area contributed by atoms with Crippen LogP contribution in [0.5, 0.6) is 0 Å². The molecule has 0 aromatic carbocycles. The van der Waals surface area contributed by atoms with Crippen LogP contribution in [0.3, 0.4) is 0 Å². The molecule has 2 rings (SSSR count). The third kappa shape index (κ3) is 2.75. The van der Waals surface area contributed by atoms with Gasteiger partial charge in [0.15, 0.2) is 0 Å². The maximum atomic E-state index is 12.1. The summed E-state index contributed by atoms with van der Waals surface area (Å²) in [7, 11) is 0. The first-order valence-corrected chi connectivity index (χ1v) is 7.51. The molecule has 1 fully saturated rings. The van der Waals surface area contributed by atoms with Crippen LogP contribution in [0.2, 0.25) is 0 Å². The van der Waals surface area contributed by atoms with Crippen molar-refractivity contribution in [1.29, 1.82) is 0 Å². The molecule has 1 amide bonds. The molecule has 6 heteroatoms. The third-order valence-electron chi connectivity index (χ3n) is 3.26. The summed E-state index contributed by atoms with van der Waals surface area (Å²) in [5.41, 5.74) is -1.08. The zero-order chi connectivity index (χ0) is 13.2. The maximum absolute atomic E-state index is 12.1. The molecule has 0 atom stereocenters. The van der Waals surface area contributed by atoms with Crippen molar-refractivity contribution in [3.63, 3.8) is 0 Å². The summed E-state index contributed by atoms with van der Waals surface area (Å²) in [6.07, 6.45) is 3.76. The minimum absolute atomic E-state index is 0.296. The van der Waals surface area contributed by atoms with E-state index in [1.165, 1.54) is 11.3 Å². The van der Waals surface area contributed by atoms with Gasteiger partial charge in [0.05, 0.1) is 4.88 Å². The first kappa shape index (κ1) is 13.5. The molecule has 1 heterocycles. The highest BCUT2D eigenvalue weighted by Gasteiger charge is 2.41. The van der Waals surface area contributed by atoms with Gasteiger partial charge in [-0.15, -0.1) is 11.3 Å². The second kappa shape index (κ2) is 5.40. The first-order chi connectivity index (χ1) is 8.53. The van der Waals surface area contributed by atoms with Crippen molar-refractivity contribution in [2.75, 3.05) is 0 Å². The van der Waals surface area contributed by atoms with Crippen LogP contribution in [-0.2, 0) is 4.79 Å². The quantitative estimate of drug-likeness (QED) is 0.894. The van der Waals surface area contributed by atoms with Crippen LogP contribution in [0.25, 0.3) is 0 Å². The van der Waals surface area contributed by atoms with E-state index in [-0.39, 0.29) is 5.91 Å². The number of carbonyl (C=O) groups is 2. The molecule has 1 aliphatic rings. The second-order valence-electron chi connectivity index (χ2n) is 4.53. The van der Waals surface area contributed by atoms with E-state index in [0.29, 0.717) is 17.7 Å². The minimum Gasteiger partial charge on any atom is -0.480 e. The summed E-state index contributed by atoms with van der Waals surface area (Å²) in [5.74, 6) is -1.22. The lowest BCUT2D eigenvalue weighted by atomic mass is 9.81.